The van der Waals surface area contributed by atoms with Crippen LogP contribution in [0.3, 0.4) is 0 Å². The second-order valence-electron chi connectivity index (χ2n) is 3.84. The summed E-state index contributed by atoms with van der Waals surface area (Å²) < 4.78 is 5.71. The molecule has 0 heterocycles. The van der Waals surface area contributed by atoms with Crippen LogP contribution in [-0.2, 0) is 4.43 Å². The highest BCUT2D eigenvalue weighted by molar-refractivity contribution is 6.76. The number of hydrogen-bond acceptors (Lipinski definition) is 1. The molecule has 0 aliphatic heterocycles. The molecule has 0 rings (SSSR count). The maximum absolute atomic E-state index is 5.71. The minimum atomic E-state index is -1.48. The summed E-state index contributed by atoms with van der Waals surface area (Å²) >= 11 is 0. The van der Waals surface area contributed by atoms with Gasteiger partial charge in [0.05, 0.1) is 0 Å². The summed E-state index contributed by atoms with van der Waals surface area (Å²) in [6.45, 7) is 13.4. The van der Waals surface area contributed by atoms with E-state index in [1.54, 1.807) is 0 Å². The normalized spacial score (nSPS) is 12.1. The van der Waals surface area contributed by atoms with E-state index in [-0.39, 0.29) is 0 Å². The molecule has 0 unspecified atom stereocenters. The molecule has 0 aliphatic carbocycles. The van der Waals surface area contributed by atoms with Gasteiger partial charge in [0.1, 0.15) is 0 Å². The van der Waals surface area contributed by atoms with Gasteiger partial charge in [0, 0.05) is 6.61 Å². The minimum Gasteiger partial charge on any atom is -0.414 e. The maximum Gasteiger partial charge on any atom is 0.210 e. The van der Waals surface area contributed by atoms with Crippen LogP contribution in [0.25, 0.3) is 0 Å². The standard InChI is InChI=1S/C9H20OSi/c1-6-11(4,5)10-8-7-9(2)3/h6,9H,1,7-8H2,2-5H3. The molecule has 1 nitrogen and oxygen atoms in total. The van der Waals surface area contributed by atoms with Gasteiger partial charge < -0.3 is 4.43 Å². The molecule has 0 saturated heterocycles. The molecule has 0 aromatic heterocycles. The van der Waals surface area contributed by atoms with Crippen molar-refractivity contribution < 1.29 is 4.43 Å². The molecule has 0 radical (unpaired) electrons. The molecule has 11 heavy (non-hydrogen) atoms. The van der Waals surface area contributed by atoms with Gasteiger partial charge in [-0.15, -0.1) is 6.58 Å². The molecule has 2 heteroatoms. The fourth-order valence-electron chi connectivity index (χ4n) is 0.617. The van der Waals surface area contributed by atoms with Crippen molar-refractivity contribution in [3.05, 3.63) is 12.3 Å². The summed E-state index contributed by atoms with van der Waals surface area (Å²) in [5.41, 5.74) is 1.98. The summed E-state index contributed by atoms with van der Waals surface area (Å²) in [6.07, 6.45) is 1.16. The average Bonchev–Trinajstić information content (AvgIpc) is 1.87. The average molecular weight is 172 g/mol. The van der Waals surface area contributed by atoms with Crippen LogP contribution in [-0.4, -0.2) is 14.9 Å². The van der Waals surface area contributed by atoms with E-state index >= 15 is 0 Å². The Morgan fingerprint density at radius 1 is 1.45 bits per heavy atom. The van der Waals surface area contributed by atoms with Crippen molar-refractivity contribution in [1.82, 2.24) is 0 Å². The predicted octanol–water partition coefficient (Wildman–Crippen LogP) is 2.98. The third kappa shape index (κ3) is 6.32. The van der Waals surface area contributed by atoms with Crippen LogP contribution in [0, 0.1) is 5.92 Å². The van der Waals surface area contributed by atoms with E-state index in [1.807, 2.05) is 5.70 Å². The van der Waals surface area contributed by atoms with Gasteiger partial charge in [-0.2, -0.15) is 0 Å². The van der Waals surface area contributed by atoms with Crippen LogP contribution in [0.1, 0.15) is 20.3 Å². The van der Waals surface area contributed by atoms with E-state index in [0.717, 1.165) is 18.9 Å². The van der Waals surface area contributed by atoms with E-state index in [4.69, 9.17) is 4.43 Å². The lowest BCUT2D eigenvalue weighted by molar-refractivity contribution is 0.286. The first kappa shape index (κ1) is 10.9. The van der Waals surface area contributed by atoms with E-state index in [2.05, 4.69) is 33.5 Å². The van der Waals surface area contributed by atoms with E-state index in [0.29, 0.717) is 0 Å². The highest BCUT2D eigenvalue weighted by Crippen LogP contribution is 2.07. The Morgan fingerprint density at radius 2 is 2.00 bits per heavy atom. The smallest absolute Gasteiger partial charge is 0.210 e. The van der Waals surface area contributed by atoms with Crippen LogP contribution in [0.15, 0.2) is 12.3 Å². The Labute approximate surface area is 71.6 Å². The first-order valence-electron chi connectivity index (χ1n) is 4.25. The molecule has 0 aromatic carbocycles. The second-order valence-corrected chi connectivity index (χ2v) is 7.74. The summed E-state index contributed by atoms with van der Waals surface area (Å²) in [5, 5.41) is 0. The molecular weight excluding hydrogens is 152 g/mol. The molecular formula is C9H20OSi. The van der Waals surface area contributed by atoms with Gasteiger partial charge in [0.2, 0.25) is 8.32 Å². The zero-order valence-corrected chi connectivity index (χ0v) is 9.18. The van der Waals surface area contributed by atoms with Crippen LogP contribution >= 0.6 is 0 Å². The van der Waals surface area contributed by atoms with Crippen molar-refractivity contribution in [1.29, 1.82) is 0 Å². The molecule has 66 valence electrons. The molecule has 0 fully saturated rings. The SMILES string of the molecule is C=C[Si](C)(C)OCCC(C)C. The van der Waals surface area contributed by atoms with E-state index in [9.17, 15) is 0 Å². The summed E-state index contributed by atoms with van der Waals surface area (Å²) in [7, 11) is -1.48. The highest BCUT2D eigenvalue weighted by atomic mass is 28.4. The molecule has 0 amide bonds. The van der Waals surface area contributed by atoms with Gasteiger partial charge in [-0.3, -0.25) is 0 Å². The second kappa shape index (κ2) is 4.73. The first-order valence-corrected chi connectivity index (χ1v) is 7.24. The molecule has 0 aromatic rings. The lowest BCUT2D eigenvalue weighted by Crippen LogP contribution is -2.28. The van der Waals surface area contributed by atoms with Crippen molar-refractivity contribution in [3.63, 3.8) is 0 Å². The van der Waals surface area contributed by atoms with Gasteiger partial charge >= 0.3 is 0 Å². The van der Waals surface area contributed by atoms with Crippen molar-refractivity contribution in [2.75, 3.05) is 6.61 Å². The van der Waals surface area contributed by atoms with Gasteiger partial charge in [-0.1, -0.05) is 19.5 Å². The fraction of sp³-hybridized carbons (Fsp3) is 0.778. The largest absolute Gasteiger partial charge is 0.414 e. The maximum atomic E-state index is 5.71. The van der Waals surface area contributed by atoms with E-state index in [1.165, 1.54) is 0 Å². The van der Waals surface area contributed by atoms with E-state index < -0.39 is 8.32 Å². The third-order valence-corrected chi connectivity index (χ3v) is 3.59. The Morgan fingerprint density at radius 3 is 2.36 bits per heavy atom. The Hall–Kier alpha value is -0.0831. The monoisotopic (exact) mass is 172 g/mol. The topological polar surface area (TPSA) is 9.23 Å². The van der Waals surface area contributed by atoms with Crippen LogP contribution in [0.5, 0.6) is 0 Å². The predicted molar refractivity (Wildman–Crippen MR) is 53.1 cm³/mol. The molecule has 0 saturated carbocycles. The molecule has 0 atom stereocenters. The Bertz CT molecular complexity index is 119. The van der Waals surface area contributed by atoms with Gasteiger partial charge in [0.25, 0.3) is 0 Å². The Balaban J connectivity index is 3.45. The lowest BCUT2D eigenvalue weighted by Gasteiger charge is -2.18. The van der Waals surface area contributed by atoms with Crippen LogP contribution in [0.2, 0.25) is 13.1 Å². The summed E-state index contributed by atoms with van der Waals surface area (Å²) in [5.74, 6) is 0.740. The van der Waals surface area contributed by atoms with Crippen molar-refractivity contribution in [2.24, 2.45) is 5.92 Å². The van der Waals surface area contributed by atoms with Gasteiger partial charge in [-0.05, 0) is 25.4 Å². The molecule has 0 aliphatic rings. The van der Waals surface area contributed by atoms with Crippen LogP contribution in [0.4, 0.5) is 0 Å². The lowest BCUT2D eigenvalue weighted by atomic mass is 10.2. The molecule has 0 N–H and O–H groups in total. The summed E-state index contributed by atoms with van der Waals surface area (Å²) in [4.78, 5) is 0. The quantitative estimate of drug-likeness (QED) is 0.579. The van der Waals surface area contributed by atoms with Gasteiger partial charge in [-0.25, -0.2) is 0 Å². The number of hydrogen-bond donors (Lipinski definition) is 0. The summed E-state index contributed by atoms with van der Waals surface area (Å²) in [6, 6.07) is 0. The molecule has 0 spiro atoms. The van der Waals surface area contributed by atoms with Crippen molar-refractivity contribution >= 4 is 8.32 Å². The highest BCUT2D eigenvalue weighted by Gasteiger charge is 2.16. The van der Waals surface area contributed by atoms with Crippen molar-refractivity contribution in [2.45, 2.75) is 33.4 Å². The number of rotatable bonds is 5. The van der Waals surface area contributed by atoms with Gasteiger partial charge in [0.15, 0.2) is 0 Å². The fourth-order valence-corrected chi connectivity index (χ4v) is 1.38. The van der Waals surface area contributed by atoms with Crippen molar-refractivity contribution in [3.8, 4) is 0 Å². The third-order valence-electron chi connectivity index (χ3n) is 1.66. The first-order chi connectivity index (χ1) is 4.98. The Kier molecular flexibility index (Phi) is 4.69. The minimum absolute atomic E-state index is 0.740. The zero-order valence-electron chi connectivity index (χ0n) is 8.18. The van der Waals surface area contributed by atoms with Crippen LogP contribution < -0.4 is 0 Å². The molecule has 0 bridgehead atoms. The zero-order chi connectivity index (χ0) is 8.91.